The number of rotatable bonds is 7. The molecule has 5 heteroatoms. The van der Waals surface area contributed by atoms with Crippen LogP contribution in [0, 0.1) is 0 Å². The second kappa shape index (κ2) is 8.77. The highest BCUT2D eigenvalue weighted by Gasteiger charge is 2.03. The first-order chi connectivity index (χ1) is 9.17. The van der Waals surface area contributed by atoms with Crippen molar-refractivity contribution in [3.63, 3.8) is 0 Å². The van der Waals surface area contributed by atoms with Crippen LogP contribution in [-0.2, 0) is 6.54 Å². The lowest BCUT2D eigenvalue weighted by atomic mass is 10.2. The predicted molar refractivity (Wildman–Crippen MR) is 79.5 cm³/mol. The van der Waals surface area contributed by atoms with E-state index in [0.717, 1.165) is 25.2 Å². The van der Waals surface area contributed by atoms with Gasteiger partial charge in [-0.1, -0.05) is 43.6 Å². The van der Waals surface area contributed by atoms with Gasteiger partial charge in [-0.25, -0.2) is 4.79 Å². The van der Waals surface area contributed by atoms with E-state index in [1.165, 1.54) is 0 Å². The number of carbonyl (C=O) groups excluding carboxylic acids is 1. The van der Waals surface area contributed by atoms with Gasteiger partial charge in [-0.3, -0.25) is 0 Å². The summed E-state index contributed by atoms with van der Waals surface area (Å²) in [4.78, 5) is 13.9. The molecule has 0 aromatic heterocycles. The molecule has 0 aliphatic heterocycles. The van der Waals surface area contributed by atoms with E-state index >= 15 is 0 Å². The second-order valence-electron chi connectivity index (χ2n) is 4.23. The molecule has 0 aliphatic rings. The molecule has 0 radical (unpaired) electrons. The molecule has 0 unspecified atom stereocenters. The van der Waals surface area contributed by atoms with E-state index in [1.807, 2.05) is 24.3 Å². The summed E-state index contributed by atoms with van der Waals surface area (Å²) in [6.45, 7) is 8.18. The fourth-order valence-electron chi connectivity index (χ4n) is 1.75. The van der Waals surface area contributed by atoms with Crippen molar-refractivity contribution in [2.45, 2.75) is 20.4 Å². The summed E-state index contributed by atoms with van der Waals surface area (Å²) in [5, 5.41) is 6.31. The fraction of sp³-hybridized carbons (Fsp3) is 0.500. The second-order valence-corrected chi connectivity index (χ2v) is 4.63. The van der Waals surface area contributed by atoms with Gasteiger partial charge in [0.2, 0.25) is 0 Å². The Balaban J connectivity index is 2.23. The van der Waals surface area contributed by atoms with Gasteiger partial charge in [-0.05, 0) is 24.7 Å². The van der Waals surface area contributed by atoms with Crippen LogP contribution in [0.1, 0.15) is 19.4 Å². The maximum atomic E-state index is 11.6. The van der Waals surface area contributed by atoms with E-state index in [2.05, 4.69) is 29.4 Å². The standard InChI is InChI=1S/C14H22ClN3O/c1-3-18(4-2)10-9-16-14(19)17-11-12-7-5-6-8-13(12)15/h5-8H,3-4,9-11H2,1-2H3,(H2,16,17,19). The molecular weight excluding hydrogens is 262 g/mol. The third-order valence-corrected chi connectivity index (χ3v) is 3.37. The van der Waals surface area contributed by atoms with Gasteiger partial charge in [0, 0.05) is 24.7 Å². The zero-order chi connectivity index (χ0) is 14.1. The largest absolute Gasteiger partial charge is 0.337 e. The third kappa shape index (κ3) is 5.94. The van der Waals surface area contributed by atoms with Crippen LogP contribution in [-0.4, -0.2) is 37.1 Å². The van der Waals surface area contributed by atoms with Crippen LogP contribution in [0.2, 0.25) is 5.02 Å². The van der Waals surface area contributed by atoms with Crippen LogP contribution in [0.3, 0.4) is 0 Å². The smallest absolute Gasteiger partial charge is 0.315 e. The first-order valence-corrected chi connectivity index (χ1v) is 7.02. The molecule has 0 heterocycles. The summed E-state index contributed by atoms with van der Waals surface area (Å²) in [5.41, 5.74) is 0.919. The van der Waals surface area contributed by atoms with Crippen LogP contribution >= 0.6 is 11.6 Å². The molecule has 2 amide bonds. The maximum Gasteiger partial charge on any atom is 0.315 e. The van der Waals surface area contributed by atoms with Crippen LogP contribution in [0.5, 0.6) is 0 Å². The summed E-state index contributed by atoms with van der Waals surface area (Å²) in [6.07, 6.45) is 0. The number of hydrogen-bond donors (Lipinski definition) is 2. The molecule has 19 heavy (non-hydrogen) atoms. The molecule has 106 valence electrons. The number of carbonyl (C=O) groups is 1. The molecule has 0 saturated heterocycles. The van der Waals surface area contributed by atoms with Crippen molar-refractivity contribution < 1.29 is 4.79 Å². The summed E-state index contributed by atoms with van der Waals surface area (Å²) >= 11 is 6.01. The minimum Gasteiger partial charge on any atom is -0.337 e. The van der Waals surface area contributed by atoms with E-state index in [0.29, 0.717) is 18.1 Å². The molecule has 1 rings (SSSR count). The Hall–Kier alpha value is -1.26. The van der Waals surface area contributed by atoms with Crippen molar-refractivity contribution in [2.24, 2.45) is 0 Å². The average Bonchev–Trinajstić information content (AvgIpc) is 2.43. The topological polar surface area (TPSA) is 44.4 Å². The Morgan fingerprint density at radius 1 is 1.21 bits per heavy atom. The number of likely N-dealkylation sites (N-methyl/N-ethyl adjacent to an activating group) is 1. The molecule has 1 aromatic carbocycles. The Morgan fingerprint density at radius 3 is 2.53 bits per heavy atom. The number of amides is 2. The molecule has 0 spiro atoms. The van der Waals surface area contributed by atoms with E-state index in [1.54, 1.807) is 0 Å². The van der Waals surface area contributed by atoms with Crippen LogP contribution in [0.4, 0.5) is 4.79 Å². The SMILES string of the molecule is CCN(CC)CCNC(=O)NCc1ccccc1Cl. The van der Waals surface area contributed by atoms with Gasteiger partial charge in [-0.15, -0.1) is 0 Å². The Morgan fingerprint density at radius 2 is 1.89 bits per heavy atom. The maximum absolute atomic E-state index is 11.6. The van der Waals surface area contributed by atoms with Crippen molar-refractivity contribution in [1.82, 2.24) is 15.5 Å². The van der Waals surface area contributed by atoms with E-state index in [-0.39, 0.29) is 6.03 Å². The minimum atomic E-state index is -0.160. The van der Waals surface area contributed by atoms with Gasteiger partial charge >= 0.3 is 6.03 Å². The normalized spacial score (nSPS) is 10.5. The van der Waals surface area contributed by atoms with E-state index in [9.17, 15) is 4.79 Å². The van der Waals surface area contributed by atoms with E-state index in [4.69, 9.17) is 11.6 Å². The lowest BCUT2D eigenvalue weighted by Gasteiger charge is -2.18. The molecule has 0 fully saturated rings. The van der Waals surface area contributed by atoms with Crippen molar-refractivity contribution >= 4 is 17.6 Å². The van der Waals surface area contributed by atoms with Gasteiger partial charge in [0.25, 0.3) is 0 Å². The highest BCUT2D eigenvalue weighted by Crippen LogP contribution is 2.13. The molecule has 2 N–H and O–H groups in total. The summed E-state index contributed by atoms with van der Waals surface area (Å²) in [6, 6.07) is 7.33. The molecule has 0 aliphatic carbocycles. The van der Waals surface area contributed by atoms with Crippen molar-refractivity contribution in [3.05, 3.63) is 34.9 Å². The van der Waals surface area contributed by atoms with Crippen LogP contribution in [0.15, 0.2) is 24.3 Å². The lowest BCUT2D eigenvalue weighted by Crippen LogP contribution is -2.40. The average molecular weight is 284 g/mol. The monoisotopic (exact) mass is 283 g/mol. The minimum absolute atomic E-state index is 0.160. The number of hydrogen-bond acceptors (Lipinski definition) is 2. The van der Waals surface area contributed by atoms with Gasteiger partial charge in [0.15, 0.2) is 0 Å². The number of urea groups is 1. The van der Waals surface area contributed by atoms with E-state index < -0.39 is 0 Å². The Kier molecular flexibility index (Phi) is 7.30. The summed E-state index contributed by atoms with van der Waals surface area (Å²) in [7, 11) is 0. The number of nitrogens with zero attached hydrogens (tertiary/aromatic N) is 1. The summed E-state index contributed by atoms with van der Waals surface area (Å²) in [5.74, 6) is 0. The molecule has 4 nitrogen and oxygen atoms in total. The highest BCUT2D eigenvalue weighted by molar-refractivity contribution is 6.31. The molecular formula is C14H22ClN3O. The zero-order valence-electron chi connectivity index (χ0n) is 11.6. The fourth-order valence-corrected chi connectivity index (χ4v) is 1.95. The van der Waals surface area contributed by atoms with Gasteiger partial charge in [0.05, 0.1) is 0 Å². The van der Waals surface area contributed by atoms with Crippen molar-refractivity contribution in [3.8, 4) is 0 Å². The van der Waals surface area contributed by atoms with Crippen LogP contribution in [0.25, 0.3) is 0 Å². The first kappa shape index (κ1) is 15.8. The van der Waals surface area contributed by atoms with Gasteiger partial charge in [-0.2, -0.15) is 0 Å². The highest BCUT2D eigenvalue weighted by atomic mass is 35.5. The van der Waals surface area contributed by atoms with Crippen LogP contribution < -0.4 is 10.6 Å². The first-order valence-electron chi connectivity index (χ1n) is 6.64. The number of halogens is 1. The number of nitrogens with one attached hydrogen (secondary N) is 2. The lowest BCUT2D eigenvalue weighted by molar-refractivity contribution is 0.236. The third-order valence-electron chi connectivity index (χ3n) is 3.01. The molecule has 0 bridgehead atoms. The molecule has 0 atom stereocenters. The Bertz CT molecular complexity index is 394. The zero-order valence-corrected chi connectivity index (χ0v) is 12.3. The predicted octanol–water partition coefficient (Wildman–Crippen LogP) is 2.48. The quantitative estimate of drug-likeness (QED) is 0.807. The van der Waals surface area contributed by atoms with Crippen molar-refractivity contribution in [1.29, 1.82) is 0 Å². The number of benzene rings is 1. The summed E-state index contributed by atoms with van der Waals surface area (Å²) < 4.78 is 0. The van der Waals surface area contributed by atoms with Gasteiger partial charge < -0.3 is 15.5 Å². The molecule has 1 aromatic rings. The Labute approximate surface area is 120 Å². The van der Waals surface area contributed by atoms with Crippen molar-refractivity contribution in [2.75, 3.05) is 26.2 Å². The van der Waals surface area contributed by atoms with Gasteiger partial charge in [0.1, 0.15) is 0 Å². The molecule has 0 saturated carbocycles.